The van der Waals surface area contributed by atoms with Crippen LogP contribution >= 0.6 is 0 Å². The van der Waals surface area contributed by atoms with Crippen LogP contribution in [0.5, 0.6) is 0 Å². The van der Waals surface area contributed by atoms with Crippen LogP contribution < -0.4 is 4.90 Å². The SMILES string of the molecule is Cc1cc(C)c(S(=O)(=O)N2CCN(c3ccc(C(=O)/C=C/c4ccccc4)cc3)CC2)c(C)c1. The Morgan fingerprint density at radius 2 is 1.41 bits per heavy atom. The van der Waals surface area contributed by atoms with Crippen molar-refractivity contribution in [3.8, 4) is 0 Å². The van der Waals surface area contributed by atoms with E-state index < -0.39 is 10.0 Å². The molecule has 3 aromatic carbocycles. The van der Waals surface area contributed by atoms with Crippen molar-refractivity contribution in [2.24, 2.45) is 0 Å². The number of benzene rings is 3. The molecule has 0 N–H and O–H groups in total. The lowest BCUT2D eigenvalue weighted by Crippen LogP contribution is -2.48. The zero-order valence-electron chi connectivity index (χ0n) is 19.9. The Labute approximate surface area is 202 Å². The predicted molar refractivity (Wildman–Crippen MR) is 138 cm³/mol. The van der Waals surface area contributed by atoms with Gasteiger partial charge in [-0.25, -0.2) is 8.42 Å². The maximum Gasteiger partial charge on any atom is 0.243 e. The van der Waals surface area contributed by atoms with E-state index in [9.17, 15) is 13.2 Å². The summed E-state index contributed by atoms with van der Waals surface area (Å²) in [6.07, 6.45) is 3.40. The third-order valence-electron chi connectivity index (χ3n) is 6.18. The van der Waals surface area contributed by atoms with Gasteiger partial charge in [-0.1, -0.05) is 54.1 Å². The van der Waals surface area contributed by atoms with E-state index in [2.05, 4.69) is 4.90 Å². The number of hydrogen-bond acceptors (Lipinski definition) is 4. The van der Waals surface area contributed by atoms with E-state index in [4.69, 9.17) is 0 Å². The van der Waals surface area contributed by atoms with Gasteiger partial charge in [0.25, 0.3) is 0 Å². The molecule has 0 aromatic heterocycles. The van der Waals surface area contributed by atoms with Crippen LogP contribution in [0.2, 0.25) is 0 Å². The van der Waals surface area contributed by atoms with Gasteiger partial charge in [0.05, 0.1) is 4.90 Å². The molecule has 0 bridgehead atoms. The summed E-state index contributed by atoms with van der Waals surface area (Å²) in [6.45, 7) is 7.76. The van der Waals surface area contributed by atoms with Crippen LogP contribution in [0.4, 0.5) is 5.69 Å². The van der Waals surface area contributed by atoms with Crippen LogP contribution in [-0.2, 0) is 10.0 Å². The second-order valence-corrected chi connectivity index (χ2v) is 10.6. The van der Waals surface area contributed by atoms with Crippen LogP contribution in [0, 0.1) is 20.8 Å². The Hall–Kier alpha value is -3.22. The fourth-order valence-electron chi connectivity index (χ4n) is 4.56. The van der Waals surface area contributed by atoms with E-state index in [1.807, 2.05) is 93.6 Å². The quantitative estimate of drug-likeness (QED) is 0.372. The molecule has 0 amide bonds. The van der Waals surface area contributed by atoms with E-state index in [-0.39, 0.29) is 5.78 Å². The molecule has 3 aromatic rings. The highest BCUT2D eigenvalue weighted by Crippen LogP contribution is 2.27. The number of rotatable bonds is 6. The molecule has 0 aliphatic carbocycles. The normalized spacial score (nSPS) is 15.1. The van der Waals surface area contributed by atoms with Gasteiger partial charge in [-0.2, -0.15) is 4.31 Å². The number of hydrogen-bond donors (Lipinski definition) is 0. The smallest absolute Gasteiger partial charge is 0.243 e. The van der Waals surface area contributed by atoms with Gasteiger partial charge >= 0.3 is 0 Å². The molecule has 0 atom stereocenters. The molecule has 5 nitrogen and oxygen atoms in total. The minimum atomic E-state index is -3.54. The number of anilines is 1. The highest BCUT2D eigenvalue weighted by molar-refractivity contribution is 7.89. The van der Waals surface area contributed by atoms with Crippen LogP contribution in [0.25, 0.3) is 6.08 Å². The molecule has 1 saturated heterocycles. The lowest BCUT2D eigenvalue weighted by atomic mass is 10.1. The fraction of sp³-hybridized carbons (Fsp3) is 0.250. The topological polar surface area (TPSA) is 57.7 Å². The first-order valence-corrected chi connectivity index (χ1v) is 12.9. The number of nitrogens with zero attached hydrogens (tertiary/aromatic N) is 2. The Morgan fingerprint density at radius 1 is 0.824 bits per heavy atom. The first kappa shape index (κ1) is 23.9. The van der Waals surface area contributed by atoms with Gasteiger partial charge in [-0.15, -0.1) is 0 Å². The van der Waals surface area contributed by atoms with Gasteiger partial charge in [-0.05, 0) is 67.8 Å². The van der Waals surface area contributed by atoms with Crippen molar-refractivity contribution in [1.29, 1.82) is 0 Å². The van der Waals surface area contributed by atoms with Gasteiger partial charge in [0.15, 0.2) is 5.78 Å². The monoisotopic (exact) mass is 474 g/mol. The fourth-order valence-corrected chi connectivity index (χ4v) is 6.39. The molecule has 0 unspecified atom stereocenters. The molecule has 1 aliphatic heterocycles. The minimum Gasteiger partial charge on any atom is -0.369 e. The summed E-state index contributed by atoms with van der Waals surface area (Å²) in [5, 5.41) is 0. The molecule has 6 heteroatoms. The molecule has 1 fully saturated rings. The van der Waals surface area contributed by atoms with Crippen molar-refractivity contribution >= 4 is 27.6 Å². The summed E-state index contributed by atoms with van der Waals surface area (Å²) >= 11 is 0. The summed E-state index contributed by atoms with van der Waals surface area (Å²) < 4.78 is 28.2. The number of carbonyl (C=O) groups is 1. The summed E-state index contributed by atoms with van der Waals surface area (Å²) in [7, 11) is -3.54. The third-order valence-corrected chi connectivity index (χ3v) is 8.39. The Kier molecular flexibility index (Phi) is 7.00. The average molecular weight is 475 g/mol. The van der Waals surface area contributed by atoms with E-state index in [1.54, 1.807) is 10.4 Å². The molecule has 0 saturated carbocycles. The number of sulfonamides is 1. The molecule has 1 aliphatic rings. The van der Waals surface area contributed by atoms with Gasteiger partial charge in [-0.3, -0.25) is 4.79 Å². The molecule has 34 heavy (non-hydrogen) atoms. The molecular formula is C28H30N2O3S. The van der Waals surface area contributed by atoms with Crippen molar-refractivity contribution in [2.75, 3.05) is 31.1 Å². The first-order chi connectivity index (χ1) is 16.3. The summed E-state index contributed by atoms with van der Waals surface area (Å²) in [4.78, 5) is 15.1. The highest BCUT2D eigenvalue weighted by atomic mass is 32.2. The van der Waals surface area contributed by atoms with Crippen LogP contribution in [0.3, 0.4) is 0 Å². The Morgan fingerprint density at radius 3 is 2.00 bits per heavy atom. The zero-order valence-corrected chi connectivity index (χ0v) is 20.7. The second kappa shape index (κ2) is 9.95. The number of carbonyl (C=O) groups excluding carboxylic acids is 1. The maximum absolute atomic E-state index is 13.3. The highest BCUT2D eigenvalue weighted by Gasteiger charge is 2.31. The lowest BCUT2D eigenvalue weighted by molar-refractivity contribution is 0.104. The molecule has 0 radical (unpaired) electrons. The van der Waals surface area contributed by atoms with Crippen molar-refractivity contribution in [3.05, 3.63) is 101 Å². The number of ketones is 1. The van der Waals surface area contributed by atoms with Gasteiger partial charge < -0.3 is 4.90 Å². The zero-order chi connectivity index (χ0) is 24.3. The molecule has 1 heterocycles. The van der Waals surface area contributed by atoms with Crippen molar-refractivity contribution in [3.63, 3.8) is 0 Å². The Balaban J connectivity index is 1.41. The summed E-state index contributed by atoms with van der Waals surface area (Å²) in [5.74, 6) is -0.0462. The van der Waals surface area contributed by atoms with E-state index in [1.165, 1.54) is 0 Å². The largest absolute Gasteiger partial charge is 0.369 e. The van der Waals surface area contributed by atoms with Gasteiger partial charge in [0.1, 0.15) is 0 Å². The Bertz CT molecular complexity index is 1280. The van der Waals surface area contributed by atoms with Crippen LogP contribution in [0.15, 0.2) is 77.7 Å². The minimum absolute atomic E-state index is 0.0462. The summed E-state index contributed by atoms with van der Waals surface area (Å²) in [5.41, 5.74) is 5.25. The van der Waals surface area contributed by atoms with Crippen LogP contribution in [-0.4, -0.2) is 44.7 Å². The first-order valence-electron chi connectivity index (χ1n) is 11.5. The third kappa shape index (κ3) is 5.13. The van der Waals surface area contributed by atoms with E-state index in [0.717, 1.165) is 27.9 Å². The molecule has 0 spiro atoms. The average Bonchev–Trinajstić information content (AvgIpc) is 2.82. The molecule has 4 rings (SSSR count). The van der Waals surface area contributed by atoms with Gasteiger partial charge in [0.2, 0.25) is 10.0 Å². The van der Waals surface area contributed by atoms with E-state index in [0.29, 0.717) is 36.6 Å². The second-order valence-electron chi connectivity index (χ2n) is 8.77. The molecule has 176 valence electrons. The lowest BCUT2D eigenvalue weighted by Gasteiger charge is -2.36. The van der Waals surface area contributed by atoms with Crippen LogP contribution in [0.1, 0.15) is 32.6 Å². The van der Waals surface area contributed by atoms with Crippen molar-refractivity contribution in [1.82, 2.24) is 4.31 Å². The number of allylic oxidation sites excluding steroid dienone is 1. The maximum atomic E-state index is 13.3. The standard InChI is InChI=1S/C28H30N2O3S/c1-21-19-22(2)28(23(3)20-21)34(32,33)30-17-15-29(16-18-30)26-12-10-25(11-13-26)27(31)14-9-24-7-5-4-6-8-24/h4-14,19-20H,15-18H2,1-3H3/b14-9+. The number of piperazine rings is 1. The molecular weight excluding hydrogens is 444 g/mol. The van der Waals surface area contributed by atoms with Crippen molar-refractivity contribution in [2.45, 2.75) is 25.7 Å². The van der Waals surface area contributed by atoms with Gasteiger partial charge in [0, 0.05) is 37.4 Å². The van der Waals surface area contributed by atoms with Crippen molar-refractivity contribution < 1.29 is 13.2 Å². The van der Waals surface area contributed by atoms with E-state index >= 15 is 0 Å². The predicted octanol–water partition coefficient (Wildman–Crippen LogP) is 5.02. The number of aryl methyl sites for hydroxylation is 3. The summed E-state index contributed by atoms with van der Waals surface area (Å²) in [6, 6.07) is 21.1.